The summed E-state index contributed by atoms with van der Waals surface area (Å²) in [5.41, 5.74) is 0.593. The van der Waals surface area contributed by atoms with E-state index in [0.717, 1.165) is 25.2 Å². The van der Waals surface area contributed by atoms with Gasteiger partial charge in [0, 0.05) is 34.9 Å². The Labute approximate surface area is 171 Å². The van der Waals surface area contributed by atoms with Crippen molar-refractivity contribution in [1.82, 2.24) is 24.7 Å². The molecule has 1 aromatic carbocycles. The highest BCUT2D eigenvalue weighted by Crippen LogP contribution is 2.26. The zero-order valence-electron chi connectivity index (χ0n) is 14.8. The van der Waals surface area contributed by atoms with E-state index >= 15 is 0 Å². The molecule has 1 N–H and O–H groups in total. The molecule has 0 spiro atoms. The molecule has 28 heavy (non-hydrogen) atoms. The second-order valence-corrected chi connectivity index (χ2v) is 7.38. The summed E-state index contributed by atoms with van der Waals surface area (Å²) in [6.07, 6.45) is 6.21. The largest absolute Gasteiger partial charge is 0.356 e. The quantitative estimate of drug-likeness (QED) is 0.700. The molecule has 1 amide bonds. The van der Waals surface area contributed by atoms with Crippen molar-refractivity contribution in [2.45, 2.75) is 12.8 Å². The van der Waals surface area contributed by atoms with E-state index in [1.165, 1.54) is 12.7 Å². The number of hydrogen-bond donors (Lipinski definition) is 1. The third-order valence-corrected chi connectivity index (χ3v) is 4.97. The van der Waals surface area contributed by atoms with Crippen molar-refractivity contribution in [1.29, 1.82) is 0 Å². The summed E-state index contributed by atoms with van der Waals surface area (Å²) in [6.45, 7) is 1.38. The number of piperidine rings is 1. The highest BCUT2D eigenvalue weighted by molar-refractivity contribution is 6.35. The number of carbonyl (C=O) groups excluding carboxylic acids is 1. The van der Waals surface area contributed by atoms with Gasteiger partial charge < -0.3 is 10.2 Å². The lowest BCUT2D eigenvalue weighted by Gasteiger charge is -2.32. The van der Waals surface area contributed by atoms with Crippen molar-refractivity contribution in [3.63, 3.8) is 0 Å². The van der Waals surface area contributed by atoms with Gasteiger partial charge in [-0.3, -0.25) is 4.79 Å². The summed E-state index contributed by atoms with van der Waals surface area (Å²) in [7, 11) is 0. The number of anilines is 2. The van der Waals surface area contributed by atoms with Crippen LogP contribution in [0.15, 0.2) is 43.2 Å². The predicted molar refractivity (Wildman–Crippen MR) is 107 cm³/mol. The molecule has 144 valence electrons. The first-order valence-electron chi connectivity index (χ1n) is 8.77. The molecular weight excluding hydrogens is 401 g/mol. The molecule has 0 radical (unpaired) electrons. The Hall–Kier alpha value is -2.71. The molecule has 10 heteroatoms. The first-order chi connectivity index (χ1) is 13.6. The van der Waals surface area contributed by atoms with Crippen molar-refractivity contribution in [3.05, 3.63) is 53.3 Å². The van der Waals surface area contributed by atoms with E-state index < -0.39 is 0 Å². The van der Waals surface area contributed by atoms with Crippen LogP contribution in [0.2, 0.25) is 10.0 Å². The van der Waals surface area contributed by atoms with E-state index in [-0.39, 0.29) is 11.8 Å². The van der Waals surface area contributed by atoms with E-state index in [2.05, 4.69) is 30.3 Å². The normalized spacial score (nSPS) is 16.8. The van der Waals surface area contributed by atoms with Crippen LogP contribution in [0.3, 0.4) is 0 Å². The average molecular weight is 418 g/mol. The van der Waals surface area contributed by atoms with Gasteiger partial charge in [0.15, 0.2) is 5.82 Å². The summed E-state index contributed by atoms with van der Waals surface area (Å²) >= 11 is 12.0. The maximum atomic E-state index is 12.7. The van der Waals surface area contributed by atoms with Gasteiger partial charge in [-0.05, 0) is 31.0 Å². The van der Waals surface area contributed by atoms with Crippen LogP contribution in [0.1, 0.15) is 12.8 Å². The molecule has 0 aliphatic carbocycles. The Morgan fingerprint density at radius 2 is 1.86 bits per heavy atom. The topological polar surface area (TPSA) is 88.8 Å². The molecule has 8 nitrogen and oxygen atoms in total. The lowest BCUT2D eigenvalue weighted by molar-refractivity contribution is -0.120. The van der Waals surface area contributed by atoms with Crippen molar-refractivity contribution >= 4 is 40.6 Å². The number of nitrogens with zero attached hydrogens (tertiary/aromatic N) is 6. The standard InChI is InChI=1S/C18H17Cl2N7O/c19-13-4-14(20)6-15(5-13)25-18(28)12-2-1-3-26(8-12)16-7-17(23-10-22-16)27-11-21-9-24-27/h4-7,9-12H,1-3,8H2,(H,25,28). The van der Waals surface area contributed by atoms with Gasteiger partial charge in [0.05, 0.1) is 5.92 Å². The smallest absolute Gasteiger partial charge is 0.229 e. The number of benzene rings is 1. The van der Waals surface area contributed by atoms with E-state index in [1.807, 2.05) is 6.07 Å². The van der Waals surface area contributed by atoms with Crippen LogP contribution in [-0.4, -0.2) is 43.7 Å². The fourth-order valence-corrected chi connectivity index (χ4v) is 3.76. The maximum absolute atomic E-state index is 12.7. The monoisotopic (exact) mass is 417 g/mol. The molecule has 1 saturated heterocycles. The zero-order valence-corrected chi connectivity index (χ0v) is 16.3. The fraction of sp³-hybridized carbons (Fsp3) is 0.278. The summed E-state index contributed by atoms with van der Waals surface area (Å²) in [5, 5.41) is 7.96. The SMILES string of the molecule is O=C(Nc1cc(Cl)cc(Cl)c1)C1CCCN(c2cc(-n3cncn3)ncn2)C1. The number of carbonyl (C=O) groups is 1. The number of aromatic nitrogens is 5. The molecule has 0 bridgehead atoms. The second-order valence-electron chi connectivity index (χ2n) is 6.51. The molecule has 1 aliphatic rings. The first kappa shape index (κ1) is 18.6. The third-order valence-electron chi connectivity index (χ3n) is 4.54. The highest BCUT2D eigenvalue weighted by atomic mass is 35.5. The lowest BCUT2D eigenvalue weighted by atomic mass is 9.97. The lowest BCUT2D eigenvalue weighted by Crippen LogP contribution is -2.41. The minimum absolute atomic E-state index is 0.0615. The summed E-state index contributed by atoms with van der Waals surface area (Å²) < 4.78 is 1.57. The Morgan fingerprint density at radius 3 is 2.61 bits per heavy atom. The van der Waals surface area contributed by atoms with Crippen molar-refractivity contribution in [2.24, 2.45) is 5.92 Å². The minimum atomic E-state index is -0.170. The minimum Gasteiger partial charge on any atom is -0.356 e. The van der Waals surface area contributed by atoms with Gasteiger partial charge in [0.25, 0.3) is 0 Å². The molecule has 1 unspecified atom stereocenters. The van der Waals surface area contributed by atoms with Crippen LogP contribution in [0.25, 0.3) is 5.82 Å². The highest BCUT2D eigenvalue weighted by Gasteiger charge is 2.27. The van der Waals surface area contributed by atoms with Crippen LogP contribution in [0.4, 0.5) is 11.5 Å². The van der Waals surface area contributed by atoms with Gasteiger partial charge in [-0.15, -0.1) is 0 Å². The van der Waals surface area contributed by atoms with E-state index in [0.29, 0.717) is 28.1 Å². The molecule has 1 fully saturated rings. The van der Waals surface area contributed by atoms with Crippen LogP contribution in [-0.2, 0) is 4.79 Å². The van der Waals surface area contributed by atoms with Gasteiger partial charge in [-0.1, -0.05) is 23.2 Å². The van der Waals surface area contributed by atoms with Gasteiger partial charge in [-0.25, -0.2) is 19.6 Å². The fourth-order valence-electron chi connectivity index (χ4n) is 3.23. The molecule has 1 atom stereocenters. The Kier molecular flexibility index (Phi) is 5.40. The van der Waals surface area contributed by atoms with Gasteiger partial charge in [0.1, 0.15) is 24.8 Å². The number of rotatable bonds is 4. The van der Waals surface area contributed by atoms with Crippen molar-refractivity contribution in [3.8, 4) is 5.82 Å². The number of hydrogen-bond acceptors (Lipinski definition) is 6. The molecule has 4 rings (SSSR count). The van der Waals surface area contributed by atoms with Gasteiger partial charge in [-0.2, -0.15) is 5.10 Å². The Morgan fingerprint density at radius 1 is 1.07 bits per heavy atom. The van der Waals surface area contributed by atoms with Gasteiger partial charge >= 0.3 is 0 Å². The van der Waals surface area contributed by atoms with E-state index in [9.17, 15) is 4.79 Å². The third kappa shape index (κ3) is 4.23. The van der Waals surface area contributed by atoms with Gasteiger partial charge in [0.2, 0.25) is 5.91 Å². The molecule has 3 aromatic rings. The molecule has 3 heterocycles. The number of halogens is 2. The van der Waals surface area contributed by atoms with Crippen molar-refractivity contribution in [2.75, 3.05) is 23.3 Å². The Balaban J connectivity index is 1.47. The average Bonchev–Trinajstić information content (AvgIpc) is 3.22. The second kappa shape index (κ2) is 8.12. The molecule has 0 saturated carbocycles. The van der Waals surface area contributed by atoms with E-state index in [1.54, 1.807) is 29.2 Å². The predicted octanol–water partition coefficient (Wildman–Crippen LogP) is 3.22. The zero-order chi connectivity index (χ0) is 19.5. The summed E-state index contributed by atoms with van der Waals surface area (Å²) in [4.78, 5) is 27.3. The van der Waals surface area contributed by atoms with Crippen LogP contribution < -0.4 is 10.2 Å². The van der Waals surface area contributed by atoms with E-state index in [4.69, 9.17) is 23.2 Å². The van der Waals surface area contributed by atoms with Crippen LogP contribution >= 0.6 is 23.2 Å². The molecular formula is C18H17Cl2N7O. The Bertz CT molecular complexity index is 960. The van der Waals surface area contributed by atoms with Crippen LogP contribution in [0.5, 0.6) is 0 Å². The summed E-state index contributed by atoms with van der Waals surface area (Å²) in [5.74, 6) is 1.15. The molecule has 1 aliphatic heterocycles. The number of amides is 1. The van der Waals surface area contributed by atoms with Crippen LogP contribution in [0, 0.1) is 5.92 Å². The first-order valence-corrected chi connectivity index (χ1v) is 9.53. The number of nitrogens with one attached hydrogen (secondary N) is 1. The molecule has 2 aromatic heterocycles. The summed E-state index contributed by atoms with van der Waals surface area (Å²) in [6, 6.07) is 6.83. The van der Waals surface area contributed by atoms with Crippen molar-refractivity contribution < 1.29 is 4.79 Å². The maximum Gasteiger partial charge on any atom is 0.229 e.